The van der Waals surface area contributed by atoms with E-state index in [1.165, 1.54) is 23.3 Å². The Labute approximate surface area is 159 Å². The molecule has 142 valence electrons. The van der Waals surface area contributed by atoms with E-state index >= 15 is 0 Å². The van der Waals surface area contributed by atoms with Crippen LogP contribution < -0.4 is 11.1 Å². The normalized spacial score (nSPS) is 15.2. The number of rotatable bonds is 5. The molecule has 0 saturated carbocycles. The van der Waals surface area contributed by atoms with Gasteiger partial charge in [0, 0.05) is 26.7 Å². The van der Waals surface area contributed by atoms with Gasteiger partial charge in [-0.1, -0.05) is 36.4 Å². The number of carbonyl (C=O) groups excluding carboxylic acids is 1. The quantitative estimate of drug-likeness (QED) is 0.627. The number of nitrogens with zero attached hydrogens (tertiary/aromatic N) is 2. The zero-order valence-electron chi connectivity index (χ0n) is 15.5. The Morgan fingerprint density at radius 1 is 1.22 bits per heavy atom. The molecule has 0 fully saturated rings. The minimum atomic E-state index is -0.399. The van der Waals surface area contributed by atoms with Crippen LogP contribution in [0.2, 0.25) is 0 Å². The molecule has 5 nitrogen and oxygen atoms in total. The molecule has 3 N–H and O–H groups in total. The highest BCUT2D eigenvalue weighted by Crippen LogP contribution is 2.18. The molecule has 0 aromatic heterocycles. The van der Waals surface area contributed by atoms with Crippen molar-refractivity contribution < 1.29 is 9.18 Å². The van der Waals surface area contributed by atoms with E-state index in [4.69, 9.17) is 5.73 Å². The molecule has 1 heterocycles. The molecule has 0 radical (unpaired) electrons. The van der Waals surface area contributed by atoms with Crippen LogP contribution >= 0.6 is 0 Å². The molecule has 3 rings (SSSR count). The molecule has 1 unspecified atom stereocenters. The molecule has 2 aromatic rings. The minimum absolute atomic E-state index is 0.293. The predicted molar refractivity (Wildman–Crippen MR) is 105 cm³/mol. The molecular weight excluding hydrogens is 343 g/mol. The SMILES string of the molecule is CN=C(NCC(Cc1ccc(F)cc1)C(N)=O)N1CCc2ccccc2C1. The lowest BCUT2D eigenvalue weighted by atomic mass is 9.98. The van der Waals surface area contributed by atoms with Crippen molar-refractivity contribution in [2.45, 2.75) is 19.4 Å². The van der Waals surface area contributed by atoms with Crippen molar-refractivity contribution in [3.63, 3.8) is 0 Å². The Kier molecular flexibility index (Phi) is 6.06. The lowest BCUT2D eigenvalue weighted by Crippen LogP contribution is -2.47. The van der Waals surface area contributed by atoms with Crippen molar-refractivity contribution in [1.29, 1.82) is 0 Å². The summed E-state index contributed by atoms with van der Waals surface area (Å²) in [5, 5.41) is 3.28. The molecule has 0 bridgehead atoms. The van der Waals surface area contributed by atoms with Gasteiger partial charge in [-0.25, -0.2) is 4.39 Å². The number of guanidine groups is 1. The van der Waals surface area contributed by atoms with E-state index in [0.29, 0.717) is 13.0 Å². The zero-order valence-corrected chi connectivity index (χ0v) is 15.5. The van der Waals surface area contributed by atoms with Crippen LogP contribution in [-0.4, -0.2) is 36.9 Å². The third kappa shape index (κ3) is 4.84. The second-order valence-electron chi connectivity index (χ2n) is 6.80. The number of carbonyl (C=O) groups is 1. The van der Waals surface area contributed by atoms with Crippen LogP contribution in [0.1, 0.15) is 16.7 Å². The molecule has 1 amide bonds. The summed E-state index contributed by atoms with van der Waals surface area (Å²) < 4.78 is 13.1. The van der Waals surface area contributed by atoms with E-state index in [1.807, 2.05) is 6.07 Å². The highest BCUT2D eigenvalue weighted by molar-refractivity contribution is 5.82. The van der Waals surface area contributed by atoms with Gasteiger partial charge in [-0.3, -0.25) is 9.79 Å². The van der Waals surface area contributed by atoms with Crippen LogP contribution in [0.15, 0.2) is 53.5 Å². The van der Waals surface area contributed by atoms with E-state index in [2.05, 4.69) is 33.4 Å². The Morgan fingerprint density at radius 3 is 2.59 bits per heavy atom. The van der Waals surface area contributed by atoms with Gasteiger partial charge in [0.15, 0.2) is 5.96 Å². The second-order valence-corrected chi connectivity index (χ2v) is 6.80. The van der Waals surface area contributed by atoms with Crippen molar-refractivity contribution in [2.75, 3.05) is 20.1 Å². The summed E-state index contributed by atoms with van der Waals surface area (Å²) in [6, 6.07) is 14.6. The van der Waals surface area contributed by atoms with Crippen molar-refractivity contribution >= 4 is 11.9 Å². The minimum Gasteiger partial charge on any atom is -0.369 e. The van der Waals surface area contributed by atoms with Crippen LogP contribution in [-0.2, 0) is 24.2 Å². The fraction of sp³-hybridized carbons (Fsp3) is 0.333. The van der Waals surface area contributed by atoms with Crippen LogP contribution in [0.5, 0.6) is 0 Å². The van der Waals surface area contributed by atoms with Gasteiger partial charge in [-0.05, 0) is 41.7 Å². The summed E-state index contributed by atoms with van der Waals surface area (Å²) in [4.78, 5) is 18.4. The van der Waals surface area contributed by atoms with Crippen LogP contribution in [0.4, 0.5) is 4.39 Å². The van der Waals surface area contributed by atoms with E-state index in [0.717, 1.165) is 31.0 Å². The van der Waals surface area contributed by atoms with Gasteiger partial charge in [-0.15, -0.1) is 0 Å². The summed E-state index contributed by atoms with van der Waals surface area (Å²) in [5.74, 6) is -0.316. The number of hydrogen-bond donors (Lipinski definition) is 2. The maximum Gasteiger partial charge on any atom is 0.222 e. The highest BCUT2D eigenvalue weighted by Gasteiger charge is 2.21. The maximum atomic E-state index is 13.1. The average Bonchev–Trinajstić information content (AvgIpc) is 2.68. The summed E-state index contributed by atoms with van der Waals surface area (Å²) >= 11 is 0. The largest absolute Gasteiger partial charge is 0.369 e. The van der Waals surface area contributed by atoms with Gasteiger partial charge in [0.25, 0.3) is 0 Å². The van der Waals surface area contributed by atoms with Gasteiger partial charge in [0.2, 0.25) is 5.91 Å². The van der Waals surface area contributed by atoms with E-state index in [1.54, 1.807) is 19.2 Å². The molecule has 0 saturated heterocycles. The number of halogens is 1. The van der Waals surface area contributed by atoms with Crippen LogP contribution in [0.25, 0.3) is 0 Å². The first kappa shape index (κ1) is 18.9. The van der Waals surface area contributed by atoms with Crippen molar-refractivity contribution in [3.8, 4) is 0 Å². The molecule has 27 heavy (non-hydrogen) atoms. The van der Waals surface area contributed by atoms with Crippen molar-refractivity contribution in [1.82, 2.24) is 10.2 Å². The average molecular weight is 368 g/mol. The number of hydrogen-bond acceptors (Lipinski definition) is 2. The summed E-state index contributed by atoms with van der Waals surface area (Å²) in [6.07, 6.45) is 1.42. The fourth-order valence-electron chi connectivity index (χ4n) is 3.40. The van der Waals surface area contributed by atoms with Gasteiger partial charge in [-0.2, -0.15) is 0 Å². The fourth-order valence-corrected chi connectivity index (χ4v) is 3.40. The summed E-state index contributed by atoms with van der Waals surface area (Å²) in [7, 11) is 1.74. The lowest BCUT2D eigenvalue weighted by Gasteiger charge is -2.32. The van der Waals surface area contributed by atoms with Gasteiger partial charge >= 0.3 is 0 Å². The standard InChI is InChI=1S/C21H25FN4O/c1-24-21(26-11-10-16-4-2-3-5-17(16)14-26)25-13-18(20(23)27)12-15-6-8-19(22)9-7-15/h2-9,18H,10-14H2,1H3,(H2,23,27)(H,24,25). The molecule has 6 heteroatoms. The molecule has 1 atom stereocenters. The molecule has 1 aliphatic heterocycles. The molecule has 0 aliphatic carbocycles. The lowest BCUT2D eigenvalue weighted by molar-refractivity contribution is -0.121. The third-order valence-corrected chi connectivity index (χ3v) is 4.95. The molecule has 0 spiro atoms. The van der Waals surface area contributed by atoms with Gasteiger partial charge in [0.1, 0.15) is 5.82 Å². The highest BCUT2D eigenvalue weighted by atomic mass is 19.1. The number of nitrogens with one attached hydrogen (secondary N) is 1. The molecular formula is C21H25FN4O. The number of amides is 1. The van der Waals surface area contributed by atoms with Crippen LogP contribution in [0, 0.1) is 11.7 Å². The smallest absolute Gasteiger partial charge is 0.222 e. The second kappa shape index (κ2) is 8.66. The molecule has 1 aliphatic rings. The Morgan fingerprint density at radius 2 is 1.93 bits per heavy atom. The van der Waals surface area contributed by atoms with Crippen LogP contribution in [0.3, 0.4) is 0 Å². The van der Waals surface area contributed by atoms with Gasteiger partial charge < -0.3 is 16.0 Å². The third-order valence-electron chi connectivity index (χ3n) is 4.95. The van der Waals surface area contributed by atoms with Gasteiger partial charge in [0.05, 0.1) is 5.92 Å². The monoisotopic (exact) mass is 368 g/mol. The van der Waals surface area contributed by atoms with Crippen molar-refractivity contribution in [3.05, 3.63) is 71.0 Å². The molecule has 2 aromatic carbocycles. The Balaban J connectivity index is 1.62. The maximum absolute atomic E-state index is 13.1. The van der Waals surface area contributed by atoms with E-state index < -0.39 is 5.92 Å². The Hall–Kier alpha value is -2.89. The van der Waals surface area contributed by atoms with Crippen molar-refractivity contribution in [2.24, 2.45) is 16.6 Å². The number of primary amides is 1. The number of fused-ring (bicyclic) bond motifs is 1. The first-order chi connectivity index (χ1) is 13.1. The first-order valence-electron chi connectivity index (χ1n) is 9.13. The summed E-state index contributed by atoms with van der Waals surface area (Å²) in [6.45, 7) is 2.04. The summed E-state index contributed by atoms with van der Waals surface area (Å²) in [5.41, 5.74) is 9.12. The van der Waals surface area contributed by atoms with E-state index in [9.17, 15) is 9.18 Å². The zero-order chi connectivity index (χ0) is 19.2. The first-order valence-corrected chi connectivity index (χ1v) is 9.13. The van der Waals surface area contributed by atoms with E-state index in [-0.39, 0.29) is 11.7 Å². The number of nitrogens with two attached hydrogens (primary N) is 1. The number of benzene rings is 2. The predicted octanol–water partition coefficient (Wildman–Crippen LogP) is 2.10. The Bertz CT molecular complexity index is 819. The topological polar surface area (TPSA) is 70.7 Å². The number of aliphatic imine (C=N–C) groups is 1.